The van der Waals surface area contributed by atoms with Gasteiger partial charge in [-0.2, -0.15) is 0 Å². The molecular formula is C13H14Fe. The SMILES string of the molecule is C=CC[C]12[CH]3[CH]4[CH]5[CH]1[Fe]45321678[CH]2[CH]1[CH]6[CH]7[CH]28. The first-order valence-corrected chi connectivity index (χ1v) is 12.7. The number of hydrogen-bond donors (Lipinski definition) is 0. The quantitative estimate of drug-likeness (QED) is 0.485. The molecule has 10 saturated heterocycles. The van der Waals surface area contributed by atoms with E-state index in [1.54, 1.807) is 0 Å². The van der Waals surface area contributed by atoms with Gasteiger partial charge in [0.15, 0.2) is 0 Å². The standard InChI is InChI=1S/C8H9.C5H5.Fe/c1-2-5-8-6-3-4-7-8;1-2-4-5-3-1;/h2-4,6-7H,1,5H2;1-5H;. The minimum absolute atomic E-state index is 1.13. The van der Waals surface area contributed by atoms with Gasteiger partial charge in [0.2, 0.25) is 0 Å². The third kappa shape index (κ3) is 0.0329. The molecular weight excluding hydrogens is 212 g/mol. The minimum atomic E-state index is -2.61. The van der Waals surface area contributed by atoms with E-state index in [0.717, 1.165) is 4.31 Å². The molecule has 0 amide bonds. The van der Waals surface area contributed by atoms with Crippen LogP contribution >= 0.6 is 0 Å². The van der Waals surface area contributed by atoms with Gasteiger partial charge < -0.3 is 0 Å². The molecule has 0 bridgehead atoms. The molecule has 0 saturated carbocycles. The van der Waals surface area contributed by atoms with Crippen LogP contribution in [0.3, 0.4) is 0 Å². The van der Waals surface area contributed by atoms with Crippen LogP contribution in [0.5, 0.6) is 0 Å². The first kappa shape index (κ1) is 4.63. The molecule has 4 unspecified atom stereocenters. The van der Waals surface area contributed by atoms with E-state index in [9.17, 15) is 0 Å². The van der Waals surface area contributed by atoms with Crippen molar-refractivity contribution >= 4 is 0 Å². The molecule has 0 N–H and O–H groups in total. The molecule has 10 aliphatic heterocycles. The fourth-order valence-corrected chi connectivity index (χ4v) is 92.4. The Hall–Kier alpha value is 0.259. The first-order chi connectivity index (χ1) is 6.61. The maximum atomic E-state index is 4.09. The van der Waals surface area contributed by atoms with Crippen LogP contribution in [0.4, 0.5) is 0 Å². The molecule has 0 nitrogen and oxygen atoms in total. The van der Waals surface area contributed by atoms with E-state index in [-0.39, 0.29) is 0 Å². The van der Waals surface area contributed by atoms with Gasteiger partial charge in [-0.1, -0.05) is 0 Å². The second-order valence-corrected chi connectivity index (χ2v) is 34.0. The summed E-state index contributed by atoms with van der Waals surface area (Å²) in [6.45, 7) is 1.48. The van der Waals surface area contributed by atoms with Crippen LogP contribution in [0.1, 0.15) is 6.42 Å². The van der Waals surface area contributed by atoms with E-state index >= 15 is 0 Å². The summed E-state index contributed by atoms with van der Waals surface area (Å²) in [4.78, 5) is 13.6. The molecule has 0 aromatic carbocycles. The van der Waals surface area contributed by atoms with Crippen LogP contribution < -0.4 is 0 Å². The average Bonchev–Trinajstić information content (AvgIpc) is 3.14. The zero-order valence-electron chi connectivity index (χ0n) is 8.04. The van der Waals surface area contributed by atoms with Crippen molar-refractivity contribution in [3.8, 4) is 0 Å². The predicted octanol–water partition coefficient (Wildman–Crippen LogP) is 4.32. The fourth-order valence-electron chi connectivity index (χ4n) is 17.4. The molecule has 4 atom stereocenters. The van der Waals surface area contributed by atoms with Crippen molar-refractivity contribution in [2.24, 2.45) is 0 Å². The van der Waals surface area contributed by atoms with Crippen LogP contribution in [-0.2, 0) is 6.51 Å². The summed E-state index contributed by atoms with van der Waals surface area (Å²) < 4.78 is 1.13. The Labute approximate surface area is 73.4 Å². The third-order valence-electron chi connectivity index (χ3n) is 15.4. The van der Waals surface area contributed by atoms with E-state index in [0.29, 0.717) is 0 Å². The van der Waals surface area contributed by atoms with Gasteiger partial charge in [-0.15, -0.1) is 0 Å². The van der Waals surface area contributed by atoms with E-state index in [2.05, 4.69) is 12.7 Å². The predicted molar refractivity (Wildman–Crippen MR) is 51.3 cm³/mol. The zero-order chi connectivity index (χ0) is 8.43. The van der Waals surface area contributed by atoms with Crippen LogP contribution in [0.25, 0.3) is 0 Å². The van der Waals surface area contributed by atoms with Crippen LogP contribution in [0.2, 0.25) is 47.7 Å². The second-order valence-electron chi connectivity index (χ2n) is 10.3. The number of fused-ring (bicyclic) bond motifs is 10. The Morgan fingerprint density at radius 3 is 1.64 bits per heavy atom. The third-order valence-corrected chi connectivity index (χ3v) is 58.4. The molecule has 0 radical (unpaired) electrons. The molecule has 74 valence electrons. The van der Waals surface area contributed by atoms with Gasteiger partial charge in [-0.3, -0.25) is 0 Å². The Morgan fingerprint density at radius 1 is 0.929 bits per heavy atom. The monoisotopic (exact) mass is 226 g/mol. The summed E-state index contributed by atoms with van der Waals surface area (Å²) >= 11 is 0. The van der Waals surface area contributed by atoms with Gasteiger partial charge in [0.05, 0.1) is 0 Å². The van der Waals surface area contributed by atoms with Crippen LogP contribution in [0.15, 0.2) is 12.7 Å². The summed E-state index contributed by atoms with van der Waals surface area (Å²) in [6, 6.07) is 0. The van der Waals surface area contributed by atoms with Gasteiger partial charge in [0, 0.05) is 0 Å². The van der Waals surface area contributed by atoms with Crippen molar-refractivity contribution in [1.29, 1.82) is 0 Å². The van der Waals surface area contributed by atoms with Crippen LogP contribution in [-0.4, -0.2) is 0 Å². The maximum absolute atomic E-state index is 4.09. The van der Waals surface area contributed by atoms with Gasteiger partial charge in [-0.05, 0) is 0 Å². The fraction of sp³-hybridized carbons (Fsp3) is 0.846. The van der Waals surface area contributed by atoms with Crippen molar-refractivity contribution in [3.05, 3.63) is 12.7 Å². The van der Waals surface area contributed by atoms with Gasteiger partial charge in [-0.25, -0.2) is 0 Å². The molecule has 10 rings (SSSR count). The first-order valence-electron chi connectivity index (χ1n) is 6.43. The Bertz CT molecular complexity index is 810. The molecule has 0 aromatic rings. The molecule has 14 heavy (non-hydrogen) atoms. The molecule has 10 fully saturated rings. The molecule has 10 aliphatic rings. The van der Waals surface area contributed by atoms with Gasteiger partial charge in [0.25, 0.3) is 0 Å². The van der Waals surface area contributed by atoms with E-state index in [1.165, 1.54) is 49.8 Å². The average molecular weight is 226 g/mol. The molecule has 1 heteroatoms. The summed E-state index contributed by atoms with van der Waals surface area (Å²) in [7, 11) is 0. The van der Waals surface area contributed by atoms with Crippen molar-refractivity contribution < 1.29 is 6.51 Å². The molecule has 0 aliphatic carbocycles. The summed E-state index contributed by atoms with van der Waals surface area (Å²) in [6.07, 6.45) is 3.85. The van der Waals surface area contributed by atoms with E-state index in [4.69, 9.17) is 0 Å². The summed E-state index contributed by atoms with van der Waals surface area (Å²) in [5, 5.41) is 0. The second kappa shape index (κ2) is 0.309. The molecule has 0 aromatic heterocycles. The van der Waals surface area contributed by atoms with Crippen molar-refractivity contribution in [3.63, 3.8) is 0 Å². The normalized spacial score (nSPS) is 142. The van der Waals surface area contributed by atoms with Crippen molar-refractivity contribution in [1.82, 2.24) is 0 Å². The number of allylic oxidation sites excluding steroid dienone is 1. The van der Waals surface area contributed by atoms with Crippen LogP contribution in [0, 0.1) is 0 Å². The number of hydrogen-bond acceptors (Lipinski definition) is 0. The summed E-state index contributed by atoms with van der Waals surface area (Å²) in [5.74, 6) is 0. The van der Waals surface area contributed by atoms with Crippen molar-refractivity contribution in [2.75, 3.05) is 0 Å². The van der Waals surface area contributed by atoms with E-state index < -0.39 is 6.51 Å². The van der Waals surface area contributed by atoms with Crippen molar-refractivity contribution in [2.45, 2.75) is 54.1 Å². The molecule has 10 heterocycles. The number of rotatable bonds is 2. The van der Waals surface area contributed by atoms with Gasteiger partial charge >= 0.3 is 73.2 Å². The topological polar surface area (TPSA) is 0 Å². The zero-order valence-corrected chi connectivity index (χ0v) is 9.15. The van der Waals surface area contributed by atoms with Gasteiger partial charge in [0.1, 0.15) is 0 Å². The Balaban J connectivity index is 1.89. The van der Waals surface area contributed by atoms with E-state index in [1.807, 2.05) is 0 Å². The molecule has 1 spiro atoms. The summed E-state index contributed by atoms with van der Waals surface area (Å²) in [5.41, 5.74) is 0. The Morgan fingerprint density at radius 2 is 1.43 bits per heavy atom. The Kier molecular flexibility index (Phi) is 0.102.